The van der Waals surface area contributed by atoms with Crippen molar-refractivity contribution in [2.45, 2.75) is 6.04 Å². The number of hydrogen-bond donors (Lipinski definition) is 2. The zero-order valence-electron chi connectivity index (χ0n) is 6.50. The van der Waals surface area contributed by atoms with Crippen LogP contribution < -0.4 is 5.73 Å². The fourth-order valence-electron chi connectivity index (χ4n) is 0.913. The number of nitrogens with two attached hydrogens (primary N) is 1. The van der Waals surface area contributed by atoms with Crippen molar-refractivity contribution in [3.05, 3.63) is 40.9 Å². The normalized spacial score (nSPS) is 12.5. The van der Waals surface area contributed by atoms with E-state index in [9.17, 15) is 0 Å². The minimum absolute atomic E-state index is 0.194. The molecular formula is C9H10BrNO. The van der Waals surface area contributed by atoms with E-state index in [0.717, 1.165) is 10.0 Å². The van der Waals surface area contributed by atoms with E-state index in [-0.39, 0.29) is 11.8 Å². The van der Waals surface area contributed by atoms with Crippen LogP contribution in [-0.4, -0.2) is 5.11 Å². The molecule has 0 radical (unpaired) electrons. The van der Waals surface area contributed by atoms with E-state index in [4.69, 9.17) is 10.8 Å². The van der Waals surface area contributed by atoms with Crippen molar-refractivity contribution < 1.29 is 5.11 Å². The Kier molecular flexibility index (Phi) is 2.89. The van der Waals surface area contributed by atoms with Crippen LogP contribution in [0.3, 0.4) is 0 Å². The second-order valence-electron chi connectivity index (χ2n) is 2.47. The first kappa shape index (κ1) is 9.29. The molecule has 12 heavy (non-hydrogen) atoms. The number of benzene rings is 1. The molecule has 1 aromatic rings. The van der Waals surface area contributed by atoms with Crippen LogP contribution in [0.1, 0.15) is 11.6 Å². The number of rotatable bonds is 2. The summed E-state index contributed by atoms with van der Waals surface area (Å²) in [5.74, 6) is 0.224. The maximum absolute atomic E-state index is 9.10. The first-order valence-corrected chi connectivity index (χ1v) is 4.31. The predicted octanol–water partition coefficient (Wildman–Crippen LogP) is 2.34. The third-order valence-corrected chi connectivity index (χ3v) is 2.28. The average molecular weight is 228 g/mol. The lowest BCUT2D eigenvalue weighted by Crippen LogP contribution is -2.06. The van der Waals surface area contributed by atoms with Crippen LogP contribution in [0.25, 0.3) is 0 Å². The SMILES string of the molecule is C=C[C@H](N)c1ccc(O)cc1Br. The second kappa shape index (κ2) is 3.74. The highest BCUT2D eigenvalue weighted by atomic mass is 79.9. The number of aromatic hydroxyl groups is 1. The van der Waals surface area contributed by atoms with Crippen LogP contribution in [0.4, 0.5) is 0 Å². The zero-order valence-corrected chi connectivity index (χ0v) is 8.08. The zero-order chi connectivity index (χ0) is 9.14. The molecule has 0 unspecified atom stereocenters. The van der Waals surface area contributed by atoms with E-state index >= 15 is 0 Å². The molecule has 0 saturated carbocycles. The predicted molar refractivity (Wildman–Crippen MR) is 52.9 cm³/mol. The molecule has 0 aliphatic heterocycles. The average Bonchev–Trinajstić information content (AvgIpc) is 2.03. The molecule has 0 amide bonds. The standard InChI is InChI=1S/C9H10BrNO/c1-2-9(11)7-4-3-6(12)5-8(7)10/h2-5,9,12H,1,11H2/t9-/m0/s1. The highest BCUT2D eigenvalue weighted by Gasteiger charge is 2.05. The van der Waals surface area contributed by atoms with Crippen molar-refractivity contribution in [3.63, 3.8) is 0 Å². The smallest absolute Gasteiger partial charge is 0.116 e. The molecule has 3 N–H and O–H groups in total. The maximum Gasteiger partial charge on any atom is 0.116 e. The Morgan fingerprint density at radius 2 is 2.25 bits per heavy atom. The summed E-state index contributed by atoms with van der Waals surface area (Å²) in [4.78, 5) is 0. The molecule has 0 bridgehead atoms. The lowest BCUT2D eigenvalue weighted by Gasteiger charge is -2.08. The lowest BCUT2D eigenvalue weighted by atomic mass is 10.1. The first-order valence-electron chi connectivity index (χ1n) is 3.51. The van der Waals surface area contributed by atoms with Gasteiger partial charge in [0.2, 0.25) is 0 Å². The van der Waals surface area contributed by atoms with Gasteiger partial charge in [-0.2, -0.15) is 0 Å². The number of hydrogen-bond acceptors (Lipinski definition) is 2. The fourth-order valence-corrected chi connectivity index (χ4v) is 1.54. The van der Waals surface area contributed by atoms with Crippen LogP contribution in [0, 0.1) is 0 Å². The summed E-state index contributed by atoms with van der Waals surface area (Å²) in [6, 6.07) is 4.79. The largest absolute Gasteiger partial charge is 0.508 e. The summed E-state index contributed by atoms with van der Waals surface area (Å²) in [5, 5.41) is 9.10. The molecule has 1 aromatic carbocycles. The summed E-state index contributed by atoms with van der Waals surface area (Å²) in [7, 11) is 0. The molecule has 1 atom stereocenters. The highest BCUT2D eigenvalue weighted by Crippen LogP contribution is 2.26. The summed E-state index contributed by atoms with van der Waals surface area (Å²) in [5.41, 5.74) is 6.63. The van der Waals surface area contributed by atoms with Gasteiger partial charge in [-0.25, -0.2) is 0 Å². The van der Waals surface area contributed by atoms with Gasteiger partial charge in [-0.1, -0.05) is 28.1 Å². The minimum atomic E-state index is -0.194. The Balaban J connectivity index is 3.09. The molecule has 1 rings (SSSR count). The summed E-state index contributed by atoms with van der Waals surface area (Å²) in [6.07, 6.45) is 1.65. The third kappa shape index (κ3) is 1.87. The molecule has 0 aliphatic carbocycles. The van der Waals surface area contributed by atoms with E-state index < -0.39 is 0 Å². The van der Waals surface area contributed by atoms with E-state index in [1.54, 1.807) is 24.3 Å². The monoisotopic (exact) mass is 227 g/mol. The van der Waals surface area contributed by atoms with Crippen LogP contribution in [0.15, 0.2) is 35.3 Å². The molecule has 3 heteroatoms. The van der Waals surface area contributed by atoms with Gasteiger partial charge in [-0.3, -0.25) is 0 Å². The van der Waals surface area contributed by atoms with Gasteiger partial charge in [0.15, 0.2) is 0 Å². The maximum atomic E-state index is 9.10. The molecule has 2 nitrogen and oxygen atoms in total. The van der Waals surface area contributed by atoms with Crippen molar-refractivity contribution in [1.29, 1.82) is 0 Å². The van der Waals surface area contributed by atoms with Crippen molar-refractivity contribution >= 4 is 15.9 Å². The van der Waals surface area contributed by atoms with E-state index in [2.05, 4.69) is 22.5 Å². The van der Waals surface area contributed by atoms with Crippen molar-refractivity contribution in [3.8, 4) is 5.75 Å². The van der Waals surface area contributed by atoms with Gasteiger partial charge in [0, 0.05) is 10.5 Å². The van der Waals surface area contributed by atoms with Gasteiger partial charge < -0.3 is 10.8 Å². The van der Waals surface area contributed by atoms with Gasteiger partial charge in [0.25, 0.3) is 0 Å². The Labute approximate surface area is 79.8 Å². The van der Waals surface area contributed by atoms with Crippen LogP contribution in [0.2, 0.25) is 0 Å². The van der Waals surface area contributed by atoms with Gasteiger partial charge >= 0.3 is 0 Å². The lowest BCUT2D eigenvalue weighted by molar-refractivity contribution is 0.474. The van der Waals surface area contributed by atoms with Gasteiger partial charge in [0.05, 0.1) is 0 Å². The molecule has 64 valence electrons. The van der Waals surface area contributed by atoms with Crippen LogP contribution in [-0.2, 0) is 0 Å². The molecular weight excluding hydrogens is 218 g/mol. The molecule has 0 heterocycles. The summed E-state index contributed by atoms with van der Waals surface area (Å²) >= 11 is 3.30. The quantitative estimate of drug-likeness (QED) is 0.763. The fraction of sp³-hybridized carbons (Fsp3) is 0.111. The first-order chi connectivity index (χ1) is 5.65. The summed E-state index contributed by atoms with van der Waals surface area (Å²) < 4.78 is 0.801. The van der Waals surface area contributed by atoms with Crippen LogP contribution in [0.5, 0.6) is 5.75 Å². The van der Waals surface area contributed by atoms with E-state index in [1.807, 2.05) is 0 Å². The number of halogens is 1. The Morgan fingerprint density at radius 3 is 2.75 bits per heavy atom. The molecule has 0 aliphatic rings. The third-order valence-electron chi connectivity index (χ3n) is 1.60. The summed E-state index contributed by atoms with van der Waals surface area (Å²) in [6.45, 7) is 3.59. The van der Waals surface area contributed by atoms with Gasteiger partial charge in [0.1, 0.15) is 5.75 Å². The van der Waals surface area contributed by atoms with Crippen molar-refractivity contribution in [1.82, 2.24) is 0 Å². The van der Waals surface area contributed by atoms with E-state index in [1.165, 1.54) is 0 Å². The highest BCUT2D eigenvalue weighted by molar-refractivity contribution is 9.10. The van der Waals surface area contributed by atoms with Crippen molar-refractivity contribution in [2.75, 3.05) is 0 Å². The van der Waals surface area contributed by atoms with Crippen molar-refractivity contribution in [2.24, 2.45) is 5.73 Å². The molecule has 0 spiro atoms. The minimum Gasteiger partial charge on any atom is -0.508 e. The number of phenolic OH excluding ortho intramolecular Hbond substituents is 1. The second-order valence-corrected chi connectivity index (χ2v) is 3.32. The Hall–Kier alpha value is -0.800. The van der Waals surface area contributed by atoms with Gasteiger partial charge in [-0.15, -0.1) is 6.58 Å². The topological polar surface area (TPSA) is 46.2 Å². The molecule has 0 saturated heterocycles. The molecule has 0 fully saturated rings. The van der Waals surface area contributed by atoms with E-state index in [0.29, 0.717) is 0 Å². The molecule has 0 aromatic heterocycles. The van der Waals surface area contributed by atoms with Gasteiger partial charge in [-0.05, 0) is 17.7 Å². The van der Waals surface area contributed by atoms with Crippen LogP contribution >= 0.6 is 15.9 Å². The number of phenols is 1. The Bertz CT molecular complexity index is 299. The Morgan fingerprint density at radius 1 is 1.58 bits per heavy atom.